The van der Waals surface area contributed by atoms with Crippen molar-refractivity contribution in [3.63, 3.8) is 0 Å². The number of rotatable bonds is 13. The van der Waals surface area contributed by atoms with Crippen molar-refractivity contribution in [2.24, 2.45) is 0 Å². The molecule has 0 spiro atoms. The number of aliphatic hydroxyl groups is 1. The first-order chi connectivity index (χ1) is 8.81. The Kier molecular flexibility index (Phi) is 13.5. The monoisotopic (exact) mass is 257 g/mol. The Labute approximate surface area is 110 Å². The zero-order chi connectivity index (χ0) is 13.5. The maximum absolute atomic E-state index is 11.3. The van der Waals surface area contributed by atoms with Gasteiger partial charge in [0.1, 0.15) is 6.73 Å². The van der Waals surface area contributed by atoms with Crippen LogP contribution in [0.15, 0.2) is 12.7 Å². The van der Waals surface area contributed by atoms with Crippen molar-refractivity contribution in [2.45, 2.75) is 51.4 Å². The summed E-state index contributed by atoms with van der Waals surface area (Å²) in [6.07, 6.45) is 10.6. The number of nitrogens with one attached hydrogen (secondary N) is 1. The third-order valence-corrected chi connectivity index (χ3v) is 2.67. The van der Waals surface area contributed by atoms with Gasteiger partial charge in [0.25, 0.3) is 0 Å². The molecule has 4 heteroatoms. The fraction of sp³-hybridized carbons (Fsp3) is 0.786. The van der Waals surface area contributed by atoms with Crippen molar-refractivity contribution in [2.75, 3.05) is 19.9 Å². The van der Waals surface area contributed by atoms with E-state index in [1.807, 2.05) is 6.08 Å². The summed E-state index contributed by atoms with van der Waals surface area (Å²) in [5.74, 6) is 0.0274. The molecule has 1 amide bonds. The number of unbranched alkanes of at least 4 members (excludes halogenated alkanes) is 6. The lowest BCUT2D eigenvalue weighted by Crippen LogP contribution is -2.26. The molecule has 0 aliphatic heterocycles. The second-order valence-corrected chi connectivity index (χ2v) is 4.32. The van der Waals surface area contributed by atoms with Crippen LogP contribution in [-0.2, 0) is 9.53 Å². The summed E-state index contributed by atoms with van der Waals surface area (Å²) < 4.78 is 4.95. The van der Waals surface area contributed by atoms with Crippen molar-refractivity contribution in [1.82, 2.24) is 5.32 Å². The van der Waals surface area contributed by atoms with E-state index in [1.165, 1.54) is 25.7 Å². The summed E-state index contributed by atoms with van der Waals surface area (Å²) in [6.45, 7) is 4.15. The third kappa shape index (κ3) is 13.2. The van der Waals surface area contributed by atoms with Crippen LogP contribution in [0.5, 0.6) is 0 Å². The van der Waals surface area contributed by atoms with E-state index in [2.05, 4.69) is 11.9 Å². The predicted molar refractivity (Wildman–Crippen MR) is 73.2 cm³/mol. The second-order valence-electron chi connectivity index (χ2n) is 4.32. The van der Waals surface area contributed by atoms with E-state index < -0.39 is 0 Å². The summed E-state index contributed by atoms with van der Waals surface area (Å²) in [4.78, 5) is 11.3. The van der Waals surface area contributed by atoms with Crippen LogP contribution in [0.4, 0.5) is 0 Å². The molecule has 0 aromatic carbocycles. The van der Waals surface area contributed by atoms with Crippen LogP contribution in [0, 0.1) is 0 Å². The molecule has 0 saturated heterocycles. The second kappa shape index (κ2) is 14.2. The number of allylic oxidation sites excluding steroid dienone is 1. The van der Waals surface area contributed by atoms with Gasteiger partial charge in [-0.15, -0.1) is 6.58 Å². The number of hydrogen-bond donors (Lipinski definition) is 2. The summed E-state index contributed by atoms with van der Waals surface area (Å²) in [5.41, 5.74) is 0. The normalized spacial score (nSPS) is 10.3. The van der Waals surface area contributed by atoms with E-state index in [1.54, 1.807) is 0 Å². The lowest BCUT2D eigenvalue weighted by molar-refractivity contribution is -0.123. The van der Waals surface area contributed by atoms with E-state index in [9.17, 15) is 4.79 Å². The minimum atomic E-state index is -0.0122. The summed E-state index contributed by atoms with van der Waals surface area (Å²) in [6, 6.07) is 0. The number of aliphatic hydroxyl groups excluding tert-OH is 1. The molecule has 0 aliphatic rings. The van der Waals surface area contributed by atoms with Crippen LogP contribution >= 0.6 is 0 Å². The van der Waals surface area contributed by atoms with Crippen LogP contribution in [0.3, 0.4) is 0 Å². The first-order valence-electron chi connectivity index (χ1n) is 6.87. The van der Waals surface area contributed by atoms with Gasteiger partial charge in [0.05, 0.1) is 13.2 Å². The molecular weight excluding hydrogens is 230 g/mol. The van der Waals surface area contributed by atoms with E-state index in [4.69, 9.17) is 9.84 Å². The third-order valence-electron chi connectivity index (χ3n) is 2.67. The topological polar surface area (TPSA) is 58.6 Å². The van der Waals surface area contributed by atoms with Gasteiger partial charge in [-0.1, -0.05) is 31.8 Å². The van der Waals surface area contributed by atoms with E-state index >= 15 is 0 Å². The molecule has 0 radical (unpaired) electrons. The highest BCUT2D eigenvalue weighted by atomic mass is 16.5. The minimum Gasteiger partial charge on any atom is -0.394 e. The van der Waals surface area contributed by atoms with Gasteiger partial charge in [0, 0.05) is 6.42 Å². The maximum Gasteiger partial charge on any atom is 0.221 e. The predicted octanol–water partition coefficient (Wildman–Crippen LogP) is 2.38. The largest absolute Gasteiger partial charge is 0.394 e. The highest BCUT2D eigenvalue weighted by molar-refractivity contribution is 5.75. The number of amides is 1. The molecule has 2 N–H and O–H groups in total. The Morgan fingerprint density at radius 2 is 1.83 bits per heavy atom. The fourth-order valence-electron chi connectivity index (χ4n) is 1.64. The molecule has 4 nitrogen and oxygen atoms in total. The number of hydrogen-bond acceptors (Lipinski definition) is 3. The molecular formula is C14H27NO3. The zero-order valence-electron chi connectivity index (χ0n) is 11.3. The molecule has 0 fully saturated rings. The molecule has 0 rings (SSSR count). The van der Waals surface area contributed by atoms with Gasteiger partial charge in [-0.05, 0) is 19.3 Å². The van der Waals surface area contributed by atoms with Crippen LogP contribution in [0.2, 0.25) is 0 Å². The Balaban J connectivity index is 3.12. The van der Waals surface area contributed by atoms with Gasteiger partial charge < -0.3 is 15.2 Å². The smallest absolute Gasteiger partial charge is 0.221 e. The van der Waals surface area contributed by atoms with Crippen LogP contribution in [-0.4, -0.2) is 31.0 Å². The van der Waals surface area contributed by atoms with Gasteiger partial charge in [-0.3, -0.25) is 4.79 Å². The number of ether oxygens (including phenoxy) is 1. The lowest BCUT2D eigenvalue weighted by Gasteiger charge is -2.05. The molecule has 0 saturated carbocycles. The van der Waals surface area contributed by atoms with Crippen molar-refractivity contribution in [3.05, 3.63) is 12.7 Å². The fourth-order valence-corrected chi connectivity index (χ4v) is 1.64. The van der Waals surface area contributed by atoms with Crippen LogP contribution < -0.4 is 5.32 Å². The molecule has 0 heterocycles. The zero-order valence-corrected chi connectivity index (χ0v) is 11.3. The van der Waals surface area contributed by atoms with Gasteiger partial charge in [-0.25, -0.2) is 0 Å². The SMILES string of the molecule is C=CCCCCCCCCC(=O)NCOCCO. The van der Waals surface area contributed by atoms with E-state index in [0.717, 1.165) is 19.3 Å². The minimum absolute atomic E-state index is 0.0122. The van der Waals surface area contributed by atoms with Crippen molar-refractivity contribution in [3.8, 4) is 0 Å². The van der Waals surface area contributed by atoms with Crippen molar-refractivity contribution < 1.29 is 14.6 Å². The van der Waals surface area contributed by atoms with Gasteiger partial charge in [0.15, 0.2) is 0 Å². The van der Waals surface area contributed by atoms with Gasteiger partial charge in [-0.2, -0.15) is 0 Å². The lowest BCUT2D eigenvalue weighted by atomic mass is 10.1. The van der Waals surface area contributed by atoms with E-state index in [-0.39, 0.29) is 25.9 Å². The number of carbonyl (C=O) groups excluding carboxylic acids is 1. The molecule has 106 valence electrons. The molecule has 0 aromatic heterocycles. The quantitative estimate of drug-likeness (QED) is 0.302. The molecule has 0 aromatic rings. The first-order valence-corrected chi connectivity index (χ1v) is 6.87. The highest BCUT2D eigenvalue weighted by Gasteiger charge is 1.99. The standard InChI is InChI=1S/C14H27NO3/c1-2-3-4-5-6-7-8-9-10-14(17)15-13-18-12-11-16/h2,16H,1,3-13H2,(H,15,17). The highest BCUT2D eigenvalue weighted by Crippen LogP contribution is 2.08. The molecule has 0 aliphatic carbocycles. The van der Waals surface area contributed by atoms with Crippen LogP contribution in [0.25, 0.3) is 0 Å². The number of carbonyl (C=O) groups is 1. The molecule has 0 unspecified atom stereocenters. The average molecular weight is 257 g/mol. The van der Waals surface area contributed by atoms with E-state index in [0.29, 0.717) is 6.42 Å². The first kappa shape index (κ1) is 17.1. The Hall–Kier alpha value is -0.870. The molecule has 18 heavy (non-hydrogen) atoms. The summed E-state index contributed by atoms with van der Waals surface area (Å²) >= 11 is 0. The average Bonchev–Trinajstić information content (AvgIpc) is 2.38. The Morgan fingerprint density at radius 1 is 1.17 bits per heavy atom. The molecule has 0 bridgehead atoms. The molecule has 0 atom stereocenters. The van der Waals surface area contributed by atoms with Gasteiger partial charge >= 0.3 is 0 Å². The maximum atomic E-state index is 11.3. The Morgan fingerprint density at radius 3 is 2.50 bits per heavy atom. The van der Waals surface area contributed by atoms with Crippen molar-refractivity contribution in [1.29, 1.82) is 0 Å². The summed E-state index contributed by atoms with van der Waals surface area (Å²) in [5, 5.41) is 11.1. The summed E-state index contributed by atoms with van der Waals surface area (Å²) in [7, 11) is 0. The van der Waals surface area contributed by atoms with Crippen molar-refractivity contribution >= 4 is 5.91 Å². The van der Waals surface area contributed by atoms with Gasteiger partial charge in [0.2, 0.25) is 5.91 Å². The van der Waals surface area contributed by atoms with Crippen LogP contribution in [0.1, 0.15) is 51.4 Å². The Bertz CT molecular complexity index is 207.